The maximum Gasteiger partial charge on any atom is 0.160 e. The summed E-state index contributed by atoms with van der Waals surface area (Å²) in [4.78, 5) is 10.1. The normalized spacial score (nSPS) is 13.4. The summed E-state index contributed by atoms with van der Waals surface area (Å²) >= 11 is 0. The molecule has 9 aromatic rings. The van der Waals surface area contributed by atoms with Crippen molar-refractivity contribution in [2.45, 2.75) is 19.3 Å². The lowest BCUT2D eigenvalue weighted by Gasteiger charge is -2.35. The van der Waals surface area contributed by atoms with Gasteiger partial charge in [0.15, 0.2) is 5.82 Å². The lowest BCUT2D eigenvalue weighted by Crippen LogP contribution is -2.26. The fraction of sp³-hybridized carbons (Fsp3) is 0.0667. The molecule has 3 heteroatoms. The number of rotatable bonds is 3. The summed E-state index contributed by atoms with van der Waals surface area (Å²) in [7, 11) is 0. The summed E-state index contributed by atoms with van der Waals surface area (Å²) in [5.41, 5.74) is 12.7. The Kier molecular flexibility index (Phi) is 5.63. The topological polar surface area (TPSA) is 30.7 Å². The third kappa shape index (κ3) is 3.82. The molecule has 0 spiro atoms. The Morgan fingerprint density at radius 3 is 2.06 bits per heavy atom. The van der Waals surface area contributed by atoms with Crippen molar-refractivity contribution in [3.8, 4) is 39.5 Å². The van der Waals surface area contributed by atoms with E-state index in [1.165, 1.54) is 60.5 Å². The highest BCUT2D eigenvalue weighted by molar-refractivity contribution is 6.22. The molecule has 0 saturated carbocycles. The summed E-state index contributed by atoms with van der Waals surface area (Å²) in [5, 5.41) is 6.30. The average Bonchev–Trinajstić information content (AvgIpc) is 3.49. The van der Waals surface area contributed by atoms with Crippen LogP contribution in [-0.2, 0) is 5.41 Å². The second-order valence-corrected chi connectivity index (χ2v) is 13.4. The van der Waals surface area contributed by atoms with Gasteiger partial charge in [-0.25, -0.2) is 9.97 Å². The Morgan fingerprint density at radius 1 is 0.500 bits per heavy atom. The molecule has 10 rings (SSSR count). The van der Waals surface area contributed by atoms with Crippen LogP contribution in [0.1, 0.15) is 25.0 Å². The van der Waals surface area contributed by atoms with E-state index >= 15 is 0 Å². The van der Waals surface area contributed by atoms with Gasteiger partial charge in [-0.2, -0.15) is 0 Å². The van der Waals surface area contributed by atoms with Crippen LogP contribution in [0.4, 0.5) is 0 Å². The van der Waals surface area contributed by atoms with Crippen LogP contribution in [-0.4, -0.2) is 14.5 Å². The maximum atomic E-state index is 5.09. The minimum absolute atomic E-state index is 0.169. The number of para-hydroxylation sites is 2. The third-order valence-electron chi connectivity index (χ3n) is 10.4. The molecule has 1 aliphatic rings. The largest absolute Gasteiger partial charge is 0.309 e. The molecular weight excluding hydrogens is 583 g/mol. The van der Waals surface area contributed by atoms with Crippen molar-refractivity contribution >= 4 is 43.5 Å². The average molecular weight is 614 g/mol. The molecule has 0 fully saturated rings. The molecule has 226 valence electrons. The highest BCUT2D eigenvalue weighted by Crippen LogP contribution is 2.49. The van der Waals surface area contributed by atoms with Crippen molar-refractivity contribution < 1.29 is 0 Å². The molecule has 0 N–H and O–H groups in total. The van der Waals surface area contributed by atoms with Gasteiger partial charge in [0, 0.05) is 32.7 Å². The van der Waals surface area contributed by atoms with Gasteiger partial charge in [0.1, 0.15) is 0 Å². The van der Waals surface area contributed by atoms with Gasteiger partial charge in [0.25, 0.3) is 0 Å². The number of fused-ring (bicyclic) bond motifs is 8. The van der Waals surface area contributed by atoms with E-state index in [0.29, 0.717) is 0 Å². The minimum Gasteiger partial charge on any atom is -0.309 e. The van der Waals surface area contributed by atoms with E-state index in [2.05, 4.69) is 158 Å². The number of benzene rings is 7. The second-order valence-electron chi connectivity index (χ2n) is 13.4. The Hall–Kier alpha value is -6.06. The van der Waals surface area contributed by atoms with E-state index in [0.717, 1.165) is 33.5 Å². The molecule has 0 aliphatic carbocycles. The van der Waals surface area contributed by atoms with Crippen LogP contribution < -0.4 is 0 Å². The smallest absolute Gasteiger partial charge is 0.160 e. The fourth-order valence-corrected chi connectivity index (χ4v) is 7.98. The van der Waals surface area contributed by atoms with Gasteiger partial charge in [-0.3, -0.25) is 0 Å². The fourth-order valence-electron chi connectivity index (χ4n) is 7.98. The van der Waals surface area contributed by atoms with E-state index in [9.17, 15) is 0 Å². The van der Waals surface area contributed by atoms with Crippen molar-refractivity contribution in [1.82, 2.24) is 14.5 Å². The predicted molar refractivity (Wildman–Crippen MR) is 200 cm³/mol. The van der Waals surface area contributed by atoms with Crippen LogP contribution in [0.25, 0.3) is 82.9 Å². The lowest BCUT2D eigenvalue weighted by atomic mass is 9.74. The number of aromatic nitrogens is 3. The SMILES string of the molecule is CC1(C)c2cc(-c3ccc(-c4nc(-c5ccccc5)c5ccccc5n4)cc3)ccc2-n2c3ccc4ccccc4c3c3cccc1c32. The first-order valence-electron chi connectivity index (χ1n) is 16.6. The number of hydrogen-bond donors (Lipinski definition) is 0. The standard InChI is InChI=1S/C45H31N3/c1-45(2)36-17-10-16-35-41-33-14-7-6-11-29(33)23-26-40(41)48(43(35)36)39-25-24-32(27-37(39)45)28-19-21-31(22-20-28)44-46-38-18-9-8-15-34(38)42(47-44)30-12-4-3-5-13-30/h3-27H,1-2H3. The van der Waals surface area contributed by atoms with Crippen LogP contribution in [0.2, 0.25) is 0 Å². The quantitative estimate of drug-likeness (QED) is 0.198. The molecule has 0 atom stereocenters. The first-order chi connectivity index (χ1) is 23.6. The Balaban J connectivity index is 1.10. The first kappa shape index (κ1) is 27.1. The summed E-state index contributed by atoms with van der Waals surface area (Å²) in [5.74, 6) is 0.735. The molecule has 1 aliphatic heterocycles. The van der Waals surface area contributed by atoms with Crippen LogP contribution in [0, 0.1) is 0 Å². The van der Waals surface area contributed by atoms with E-state index < -0.39 is 0 Å². The van der Waals surface area contributed by atoms with Crippen LogP contribution in [0.3, 0.4) is 0 Å². The predicted octanol–water partition coefficient (Wildman–Crippen LogP) is 11.5. The first-order valence-corrected chi connectivity index (χ1v) is 16.6. The van der Waals surface area contributed by atoms with E-state index in [-0.39, 0.29) is 5.41 Å². The molecule has 2 aromatic heterocycles. The number of nitrogens with zero attached hydrogens (tertiary/aromatic N) is 3. The van der Waals surface area contributed by atoms with Crippen LogP contribution in [0.15, 0.2) is 152 Å². The van der Waals surface area contributed by atoms with Crippen molar-refractivity contribution in [3.63, 3.8) is 0 Å². The van der Waals surface area contributed by atoms with Crippen molar-refractivity contribution in [2.75, 3.05) is 0 Å². The van der Waals surface area contributed by atoms with E-state index in [4.69, 9.17) is 9.97 Å². The summed E-state index contributed by atoms with van der Waals surface area (Å²) < 4.78 is 2.50. The van der Waals surface area contributed by atoms with Crippen molar-refractivity contribution in [1.29, 1.82) is 0 Å². The highest BCUT2D eigenvalue weighted by Gasteiger charge is 2.35. The molecule has 3 heterocycles. The number of hydrogen-bond acceptors (Lipinski definition) is 2. The van der Waals surface area contributed by atoms with Gasteiger partial charge in [0.2, 0.25) is 0 Å². The van der Waals surface area contributed by atoms with E-state index in [1.807, 2.05) is 12.1 Å². The highest BCUT2D eigenvalue weighted by atomic mass is 15.0. The van der Waals surface area contributed by atoms with Gasteiger partial charge >= 0.3 is 0 Å². The second kappa shape index (κ2) is 9.97. The summed E-state index contributed by atoms with van der Waals surface area (Å²) in [6.45, 7) is 4.74. The molecule has 0 radical (unpaired) electrons. The van der Waals surface area contributed by atoms with Gasteiger partial charge < -0.3 is 4.57 Å². The molecule has 0 amide bonds. The van der Waals surface area contributed by atoms with Gasteiger partial charge in [0.05, 0.1) is 27.9 Å². The molecular formula is C45H31N3. The molecule has 0 unspecified atom stereocenters. The van der Waals surface area contributed by atoms with Crippen molar-refractivity contribution in [2.24, 2.45) is 0 Å². The Bertz CT molecular complexity index is 2730. The molecule has 7 aromatic carbocycles. The molecule has 48 heavy (non-hydrogen) atoms. The molecule has 0 bridgehead atoms. The van der Waals surface area contributed by atoms with Crippen molar-refractivity contribution in [3.05, 3.63) is 163 Å². The zero-order valence-electron chi connectivity index (χ0n) is 26.8. The van der Waals surface area contributed by atoms with Crippen LogP contribution >= 0.6 is 0 Å². The Labute approximate surface area is 278 Å². The zero-order chi connectivity index (χ0) is 32.0. The van der Waals surface area contributed by atoms with Gasteiger partial charge in [-0.05, 0) is 57.3 Å². The van der Waals surface area contributed by atoms with Gasteiger partial charge in [-0.15, -0.1) is 0 Å². The third-order valence-corrected chi connectivity index (χ3v) is 10.4. The molecule has 0 saturated heterocycles. The van der Waals surface area contributed by atoms with E-state index in [1.54, 1.807) is 0 Å². The van der Waals surface area contributed by atoms with Crippen LogP contribution in [0.5, 0.6) is 0 Å². The van der Waals surface area contributed by atoms with Gasteiger partial charge in [-0.1, -0.05) is 141 Å². The minimum atomic E-state index is -0.169. The molecule has 3 nitrogen and oxygen atoms in total. The zero-order valence-corrected chi connectivity index (χ0v) is 26.8. The Morgan fingerprint density at radius 2 is 1.21 bits per heavy atom. The monoisotopic (exact) mass is 613 g/mol. The summed E-state index contributed by atoms with van der Waals surface area (Å²) in [6, 6.07) is 54.5. The summed E-state index contributed by atoms with van der Waals surface area (Å²) in [6.07, 6.45) is 0. The lowest BCUT2D eigenvalue weighted by molar-refractivity contribution is 0.630. The maximum absolute atomic E-state index is 5.09.